The van der Waals surface area contributed by atoms with E-state index in [0.717, 1.165) is 5.41 Å². The van der Waals surface area contributed by atoms with Crippen molar-refractivity contribution in [3.63, 3.8) is 0 Å². The first-order valence-electron chi connectivity index (χ1n) is 7.54. The summed E-state index contributed by atoms with van der Waals surface area (Å²) in [7, 11) is -2.77. The lowest BCUT2D eigenvalue weighted by atomic mass is 9.97. The molecule has 0 amide bonds. The van der Waals surface area contributed by atoms with Gasteiger partial charge in [0.1, 0.15) is 23.4 Å². The highest BCUT2D eigenvalue weighted by molar-refractivity contribution is 8.08. The van der Waals surface area contributed by atoms with Crippen LogP contribution in [0, 0.1) is 5.41 Å². The molecule has 138 valence electrons. The molecular weight excluding hydrogens is 350 g/mol. The smallest absolute Gasteiger partial charge is 0.212 e. The van der Waals surface area contributed by atoms with Crippen molar-refractivity contribution in [1.29, 1.82) is 5.41 Å². The first kappa shape index (κ1) is 19.7. The number of methoxy groups -OCH3 is 1. The SMILES string of the molecule is COC1OC(CC(=N)S(=O)(=O)C=Cc2ccccc2)C(O)C(O)C1O. The third kappa shape index (κ3) is 4.72. The van der Waals surface area contributed by atoms with E-state index in [0.29, 0.717) is 5.56 Å². The molecule has 1 aliphatic heterocycles. The van der Waals surface area contributed by atoms with Crippen molar-refractivity contribution in [2.75, 3.05) is 7.11 Å². The molecule has 0 bridgehead atoms. The highest BCUT2D eigenvalue weighted by atomic mass is 32.2. The molecule has 8 nitrogen and oxygen atoms in total. The Morgan fingerprint density at radius 2 is 1.84 bits per heavy atom. The van der Waals surface area contributed by atoms with Crippen molar-refractivity contribution < 1.29 is 33.2 Å². The zero-order chi connectivity index (χ0) is 18.6. The van der Waals surface area contributed by atoms with Crippen LogP contribution < -0.4 is 0 Å². The molecule has 1 aromatic rings. The van der Waals surface area contributed by atoms with E-state index in [-0.39, 0.29) is 0 Å². The molecule has 9 heteroatoms. The van der Waals surface area contributed by atoms with Gasteiger partial charge in [-0.15, -0.1) is 0 Å². The number of rotatable bonds is 5. The van der Waals surface area contributed by atoms with Crippen LogP contribution in [0.25, 0.3) is 6.08 Å². The van der Waals surface area contributed by atoms with E-state index in [2.05, 4.69) is 0 Å². The fourth-order valence-corrected chi connectivity index (χ4v) is 3.29. The second-order valence-electron chi connectivity index (χ2n) is 5.64. The lowest BCUT2D eigenvalue weighted by molar-refractivity contribution is -0.288. The number of benzene rings is 1. The molecule has 5 unspecified atom stereocenters. The number of ether oxygens (including phenoxy) is 2. The predicted molar refractivity (Wildman–Crippen MR) is 90.4 cm³/mol. The molecule has 0 radical (unpaired) electrons. The van der Waals surface area contributed by atoms with E-state index in [1.54, 1.807) is 30.3 Å². The first-order chi connectivity index (χ1) is 11.8. The molecule has 25 heavy (non-hydrogen) atoms. The van der Waals surface area contributed by atoms with E-state index >= 15 is 0 Å². The number of sulfone groups is 1. The number of hydrogen-bond donors (Lipinski definition) is 4. The van der Waals surface area contributed by atoms with Crippen molar-refractivity contribution >= 4 is 21.0 Å². The van der Waals surface area contributed by atoms with Crippen LogP contribution in [-0.4, -0.2) is 66.6 Å². The summed E-state index contributed by atoms with van der Waals surface area (Å²) in [6.07, 6.45) is -6.12. The summed E-state index contributed by atoms with van der Waals surface area (Å²) in [6.45, 7) is 0. The Labute approximate surface area is 145 Å². The Morgan fingerprint density at radius 1 is 1.20 bits per heavy atom. The van der Waals surface area contributed by atoms with Gasteiger partial charge in [0.25, 0.3) is 0 Å². The van der Waals surface area contributed by atoms with Gasteiger partial charge in [-0.25, -0.2) is 8.42 Å². The topological polar surface area (TPSA) is 137 Å². The number of aliphatic hydroxyl groups excluding tert-OH is 3. The summed E-state index contributed by atoms with van der Waals surface area (Å²) in [5, 5.41) is 37.5. The maximum atomic E-state index is 12.2. The van der Waals surface area contributed by atoms with Gasteiger partial charge >= 0.3 is 0 Å². The molecule has 0 saturated carbocycles. The van der Waals surface area contributed by atoms with E-state index in [1.807, 2.05) is 0 Å². The van der Waals surface area contributed by atoms with E-state index in [4.69, 9.17) is 14.9 Å². The van der Waals surface area contributed by atoms with E-state index in [9.17, 15) is 23.7 Å². The van der Waals surface area contributed by atoms with Gasteiger partial charge in [0, 0.05) is 18.9 Å². The molecule has 2 rings (SSSR count). The van der Waals surface area contributed by atoms with Crippen LogP contribution in [0.4, 0.5) is 0 Å². The highest BCUT2D eigenvalue weighted by Gasteiger charge is 2.44. The Morgan fingerprint density at radius 3 is 2.44 bits per heavy atom. The van der Waals surface area contributed by atoms with E-state index < -0.39 is 52.0 Å². The van der Waals surface area contributed by atoms with Crippen molar-refractivity contribution in [3.05, 3.63) is 41.3 Å². The molecule has 1 saturated heterocycles. The maximum absolute atomic E-state index is 12.2. The third-order valence-corrected chi connectivity index (χ3v) is 5.22. The van der Waals surface area contributed by atoms with Crippen LogP contribution in [0.2, 0.25) is 0 Å². The summed E-state index contributed by atoms with van der Waals surface area (Å²) < 4.78 is 34.5. The van der Waals surface area contributed by atoms with Crippen LogP contribution in [0.3, 0.4) is 0 Å². The third-order valence-electron chi connectivity index (χ3n) is 3.87. The second-order valence-corrected chi connectivity index (χ2v) is 7.49. The van der Waals surface area contributed by atoms with Crippen molar-refractivity contribution in [2.24, 2.45) is 0 Å². The van der Waals surface area contributed by atoms with Crippen molar-refractivity contribution in [1.82, 2.24) is 0 Å². The number of hydrogen-bond acceptors (Lipinski definition) is 8. The normalized spacial score (nSPS) is 30.5. The highest BCUT2D eigenvalue weighted by Crippen LogP contribution is 2.24. The van der Waals surface area contributed by atoms with Gasteiger partial charge in [0.15, 0.2) is 6.29 Å². The van der Waals surface area contributed by atoms with Crippen molar-refractivity contribution in [3.8, 4) is 0 Å². The van der Waals surface area contributed by atoms with Gasteiger partial charge in [-0.3, -0.25) is 5.41 Å². The van der Waals surface area contributed by atoms with Crippen molar-refractivity contribution in [2.45, 2.75) is 37.1 Å². The molecule has 0 aliphatic carbocycles. The largest absolute Gasteiger partial charge is 0.388 e. The standard InChI is InChI=1S/C16H21NO7S/c1-23-16-15(20)14(19)13(18)11(24-16)9-12(17)25(21,22)8-7-10-5-3-2-4-6-10/h2-8,11,13-20H,9H2,1H3. The zero-order valence-electron chi connectivity index (χ0n) is 13.5. The summed E-state index contributed by atoms with van der Waals surface area (Å²) in [5.41, 5.74) is 0.658. The van der Waals surface area contributed by atoms with Crippen LogP contribution in [0.5, 0.6) is 0 Å². The monoisotopic (exact) mass is 371 g/mol. The molecule has 1 aromatic carbocycles. The molecule has 0 spiro atoms. The Kier molecular flexibility index (Phi) is 6.44. The molecule has 0 aromatic heterocycles. The average Bonchev–Trinajstić information content (AvgIpc) is 2.61. The molecule has 5 atom stereocenters. The summed E-state index contributed by atoms with van der Waals surface area (Å²) in [6, 6.07) is 8.72. The minimum atomic E-state index is -4.01. The van der Waals surface area contributed by atoms with Gasteiger partial charge in [-0.1, -0.05) is 30.3 Å². The van der Waals surface area contributed by atoms with Gasteiger partial charge in [-0.05, 0) is 11.6 Å². The lowest BCUT2D eigenvalue weighted by Crippen LogP contribution is -2.58. The van der Waals surface area contributed by atoms with E-state index in [1.165, 1.54) is 13.2 Å². The predicted octanol–water partition coefficient (Wildman–Crippen LogP) is -0.107. The second kappa shape index (κ2) is 8.17. The molecule has 4 N–H and O–H groups in total. The minimum absolute atomic E-state index is 0.466. The number of aliphatic hydroxyl groups is 3. The minimum Gasteiger partial charge on any atom is -0.388 e. The molecule has 1 aliphatic rings. The Hall–Kier alpha value is -1.62. The zero-order valence-corrected chi connectivity index (χ0v) is 14.3. The van der Waals surface area contributed by atoms with Crippen LogP contribution >= 0.6 is 0 Å². The Bertz CT molecular complexity index is 717. The quantitative estimate of drug-likeness (QED) is 0.419. The van der Waals surface area contributed by atoms with Gasteiger partial charge in [-0.2, -0.15) is 0 Å². The average molecular weight is 371 g/mol. The summed E-state index contributed by atoms with van der Waals surface area (Å²) in [4.78, 5) is 0. The lowest BCUT2D eigenvalue weighted by Gasteiger charge is -2.39. The van der Waals surface area contributed by atoms with Crippen LogP contribution in [-0.2, 0) is 19.3 Å². The summed E-state index contributed by atoms with van der Waals surface area (Å²) in [5.74, 6) is 0. The first-order valence-corrected chi connectivity index (χ1v) is 9.09. The fourth-order valence-electron chi connectivity index (χ4n) is 2.39. The van der Waals surface area contributed by atoms with Crippen LogP contribution in [0.15, 0.2) is 35.7 Å². The Balaban J connectivity index is 2.08. The van der Waals surface area contributed by atoms with Gasteiger partial charge in [0.05, 0.1) is 6.10 Å². The summed E-state index contributed by atoms with van der Waals surface area (Å²) >= 11 is 0. The van der Waals surface area contributed by atoms with Gasteiger partial charge in [0.2, 0.25) is 9.84 Å². The fraction of sp³-hybridized carbons (Fsp3) is 0.438. The molecule has 1 heterocycles. The van der Waals surface area contributed by atoms with Crippen LogP contribution in [0.1, 0.15) is 12.0 Å². The maximum Gasteiger partial charge on any atom is 0.212 e. The molecule has 1 fully saturated rings. The molecular formula is C16H21NO7S. The van der Waals surface area contributed by atoms with Gasteiger partial charge < -0.3 is 24.8 Å². The number of nitrogens with one attached hydrogen (secondary N) is 1.